The summed E-state index contributed by atoms with van der Waals surface area (Å²) in [5.41, 5.74) is 0. The molecule has 13 heavy (non-hydrogen) atoms. The van der Waals surface area contributed by atoms with E-state index >= 15 is 0 Å². The first-order valence-corrected chi connectivity index (χ1v) is 4.24. The van der Waals surface area contributed by atoms with E-state index in [9.17, 15) is 0 Å². The third kappa shape index (κ3) is 149. The average Bonchev–Trinajstić information content (AvgIpc) is 1.39. The van der Waals surface area contributed by atoms with Crippen LogP contribution in [-0.2, 0) is 7.56 Å². The van der Waals surface area contributed by atoms with Gasteiger partial charge in [-0.05, 0) is 0 Å². The molecule has 0 atom stereocenters. The Morgan fingerprint density at radius 2 is 0.692 bits per heavy atom. The summed E-state index contributed by atoms with van der Waals surface area (Å²) in [7, 11) is 0. The Balaban J connectivity index is -0.00000000229. The number of hydrogen-bond acceptors (Lipinski definition) is 4. The normalized spacial score (nSPS) is 1.85. The summed E-state index contributed by atoms with van der Waals surface area (Å²) in [6.07, 6.45) is 0. The van der Waals surface area contributed by atoms with Crippen molar-refractivity contribution in [2.24, 2.45) is 0 Å². The van der Waals surface area contributed by atoms with E-state index in [-0.39, 0.29) is 154 Å². The maximum atomic E-state index is 8.50. The molecule has 0 aromatic carbocycles. The van der Waals surface area contributed by atoms with Gasteiger partial charge in [0, 0.05) is 0 Å². The minimum atomic E-state index is -2.00. The van der Waals surface area contributed by atoms with Gasteiger partial charge in [-0.25, -0.2) is 0 Å². The van der Waals surface area contributed by atoms with Crippen molar-refractivity contribution in [3.8, 4) is 0 Å². The van der Waals surface area contributed by atoms with E-state index in [1.165, 1.54) is 0 Å². The Hall–Kier alpha value is 5.11. The van der Waals surface area contributed by atoms with Gasteiger partial charge in [-0.2, -0.15) is 0 Å². The number of hydrogen-bond donors (Lipinski definition) is 0. The molecular weight excluding hydrogens is 782 g/mol. The van der Waals surface area contributed by atoms with Crippen molar-refractivity contribution < 1.29 is 15.8 Å². The van der Waals surface area contributed by atoms with Crippen molar-refractivity contribution in [3.63, 3.8) is 0 Å². The molecule has 0 amide bonds. The first kappa shape index (κ1) is 63.9. The van der Waals surface area contributed by atoms with E-state index in [4.69, 9.17) is 15.8 Å². The van der Waals surface area contributed by atoms with Crippen LogP contribution in [0.5, 0.6) is 0 Å². The number of rotatable bonds is 0. The van der Waals surface area contributed by atoms with Gasteiger partial charge in [-0.1, -0.05) is 0 Å². The summed E-state index contributed by atoms with van der Waals surface area (Å²) in [6, 6.07) is 0. The van der Waals surface area contributed by atoms with Gasteiger partial charge in [-0.3, -0.25) is 0 Å². The zero-order chi connectivity index (χ0) is 5.41. The molecular formula is H14BaGe8O4. The molecule has 0 saturated carbocycles. The summed E-state index contributed by atoms with van der Waals surface area (Å²) in [5.74, 6) is 0. The van der Waals surface area contributed by atoms with E-state index < -0.39 is 31.4 Å². The summed E-state index contributed by atoms with van der Waals surface area (Å²) < 4.78 is 34.0. The van der Waals surface area contributed by atoms with Crippen LogP contribution in [0.2, 0.25) is 0 Å². The summed E-state index contributed by atoms with van der Waals surface area (Å²) >= 11 is -4.00. The molecule has 0 N–H and O–H groups in total. The van der Waals surface area contributed by atoms with Crippen LogP contribution >= 0.6 is 0 Å². The molecule has 0 rings (SSSR count). The summed E-state index contributed by atoms with van der Waals surface area (Å²) in [6.45, 7) is 0. The zero-order valence-electron chi connectivity index (χ0n) is 8.17. The van der Waals surface area contributed by atoms with Crippen LogP contribution in [-0.4, -0.2) is 186 Å². The van der Waals surface area contributed by atoms with E-state index in [2.05, 4.69) is 0 Å². The fourth-order valence-corrected chi connectivity index (χ4v) is 0. The molecule has 0 unspecified atom stereocenters. The molecule has 72 valence electrons. The third-order valence-electron chi connectivity index (χ3n) is 0. The zero-order valence-corrected chi connectivity index (χ0v) is 37.1. The van der Waals surface area contributed by atoms with Gasteiger partial charge in [0.05, 0.1) is 0 Å². The van der Waals surface area contributed by atoms with Crippen molar-refractivity contribution in [3.05, 3.63) is 0 Å². The van der Waals surface area contributed by atoms with Crippen LogP contribution in [0, 0.1) is 0 Å². The van der Waals surface area contributed by atoms with Crippen LogP contribution in [0.25, 0.3) is 0 Å². The fraction of sp³-hybridized carbons (Fsp3) is 0. The predicted octanol–water partition coefficient (Wildman–Crippen LogP) is -9.79. The standard InChI is InChI=1S/Ba.2GeO2.2GeH3.4GeH2/c;2*2-1-3;;;;;;/h;;;2*1H3;4*1H2/q+2;2*-1;;;;;;. The molecule has 12 radical (unpaired) electrons. The van der Waals surface area contributed by atoms with Gasteiger partial charge in [-0.15, -0.1) is 0 Å². The van der Waals surface area contributed by atoms with Gasteiger partial charge in [0.1, 0.15) is 0 Å². The molecule has 0 aromatic rings. The topological polar surface area (TPSA) is 80.3 Å². The molecule has 0 saturated heterocycles. The van der Waals surface area contributed by atoms with E-state index in [0.29, 0.717) is 0 Å². The average molecular weight is 796 g/mol. The van der Waals surface area contributed by atoms with Crippen molar-refractivity contribution in [2.45, 2.75) is 0 Å². The molecule has 13 heteroatoms. The molecule has 0 aromatic heterocycles. The second kappa shape index (κ2) is 87.8. The van der Waals surface area contributed by atoms with Gasteiger partial charge in [0.2, 0.25) is 0 Å². The van der Waals surface area contributed by atoms with E-state index in [1.54, 1.807) is 0 Å². The molecule has 0 heterocycles. The molecule has 0 aliphatic rings. The van der Waals surface area contributed by atoms with Crippen LogP contribution in [0.15, 0.2) is 0 Å². The SMILES string of the molecule is [Ba+2].[GeH2].[GeH2].[GeH2].[GeH2].[GeH3].[GeH3].[O]=[Ge][O-].[O]=[Ge][O-]. The van der Waals surface area contributed by atoms with Gasteiger partial charge in [0.15, 0.2) is 0 Å². The van der Waals surface area contributed by atoms with E-state index in [0.717, 1.165) is 0 Å². The first-order chi connectivity index (χ1) is 2.83. The molecule has 0 bridgehead atoms. The Labute approximate surface area is 197 Å². The van der Waals surface area contributed by atoms with E-state index in [1.807, 2.05) is 0 Å². The Morgan fingerprint density at radius 3 is 0.692 bits per heavy atom. The third-order valence-corrected chi connectivity index (χ3v) is 0. The molecule has 0 aliphatic carbocycles. The van der Waals surface area contributed by atoms with Crippen LogP contribution in [0.3, 0.4) is 0 Å². The van der Waals surface area contributed by atoms with Crippen molar-refractivity contribution in [1.82, 2.24) is 0 Å². The molecule has 0 spiro atoms. The van der Waals surface area contributed by atoms with Crippen LogP contribution < -0.4 is 8.27 Å². The molecule has 4 nitrogen and oxygen atoms in total. The Morgan fingerprint density at radius 1 is 0.692 bits per heavy atom. The van der Waals surface area contributed by atoms with Crippen LogP contribution in [0.4, 0.5) is 0 Å². The second-order valence-corrected chi connectivity index (χ2v) is 0.866. The quantitative estimate of drug-likeness (QED) is 0.229. The van der Waals surface area contributed by atoms with Crippen LogP contribution in [0.1, 0.15) is 0 Å². The summed E-state index contributed by atoms with van der Waals surface area (Å²) in [4.78, 5) is 0. The maximum absolute atomic E-state index is 8.50. The molecule has 0 aliphatic heterocycles. The second-order valence-electron chi connectivity index (χ2n) is 0.167. The Bertz CT molecular complexity index is 37.1. The van der Waals surface area contributed by atoms with Crippen molar-refractivity contribution in [2.75, 3.05) is 0 Å². The van der Waals surface area contributed by atoms with Gasteiger partial charge >= 0.3 is 202 Å². The van der Waals surface area contributed by atoms with Gasteiger partial charge in [0.25, 0.3) is 0 Å². The Kier molecular flexibility index (Phi) is 431. The monoisotopic (exact) mass is 807 g/mol. The molecule has 0 fully saturated rings. The predicted molar refractivity (Wildman–Crippen MR) is 72.7 cm³/mol. The summed E-state index contributed by atoms with van der Waals surface area (Å²) in [5, 5.41) is 0. The van der Waals surface area contributed by atoms with Gasteiger partial charge < -0.3 is 0 Å². The fourth-order valence-electron chi connectivity index (χ4n) is 0. The van der Waals surface area contributed by atoms with Crippen molar-refractivity contribution >= 4 is 186 Å². The minimum absolute atomic E-state index is 0. The van der Waals surface area contributed by atoms with Crippen molar-refractivity contribution in [1.29, 1.82) is 0 Å². The first-order valence-electron chi connectivity index (χ1n) is 0.816.